The fourth-order valence-electron chi connectivity index (χ4n) is 2.17. The summed E-state index contributed by atoms with van der Waals surface area (Å²) in [6.07, 6.45) is 0.934. The van der Waals surface area contributed by atoms with Crippen molar-refractivity contribution in [1.82, 2.24) is 0 Å². The Balaban J connectivity index is 3.35. The second-order valence-corrected chi connectivity index (χ2v) is 7.88. The van der Waals surface area contributed by atoms with Crippen molar-refractivity contribution >= 4 is 32.8 Å². The maximum Gasteiger partial charge on any atom is 0.187 e. The first-order chi connectivity index (χ1) is 9.85. The van der Waals surface area contributed by atoms with Crippen molar-refractivity contribution in [2.75, 3.05) is 7.11 Å². The molecule has 0 spiro atoms. The number of allylic oxidation sites excluding steroid dienone is 1. The van der Waals surface area contributed by atoms with E-state index in [4.69, 9.17) is 4.74 Å². The fraction of sp³-hybridized carbons (Fsp3) is 0.471. The van der Waals surface area contributed by atoms with Gasteiger partial charge in [0.05, 0.1) is 7.11 Å². The molecule has 1 rings (SSSR count). The van der Waals surface area contributed by atoms with Crippen molar-refractivity contribution in [2.24, 2.45) is 0 Å². The van der Waals surface area contributed by atoms with Gasteiger partial charge in [0.25, 0.3) is 0 Å². The lowest BCUT2D eigenvalue weighted by Gasteiger charge is -2.25. The number of methoxy groups -OCH3 is 1. The van der Waals surface area contributed by atoms with Gasteiger partial charge in [-0.1, -0.05) is 38.5 Å². The molecular formula is C17H24O2S2. The summed E-state index contributed by atoms with van der Waals surface area (Å²) >= 11 is 0. The maximum absolute atomic E-state index is 10.4. The molecule has 4 heteroatoms. The van der Waals surface area contributed by atoms with Gasteiger partial charge in [0, 0.05) is 5.56 Å². The van der Waals surface area contributed by atoms with E-state index in [0.29, 0.717) is 0 Å². The highest BCUT2D eigenvalue weighted by Crippen LogP contribution is 2.37. The van der Waals surface area contributed by atoms with Gasteiger partial charge < -0.3 is 4.74 Å². The van der Waals surface area contributed by atoms with Crippen LogP contribution >= 0.6 is 21.6 Å². The molecule has 0 fully saturated rings. The molecule has 0 aromatic heterocycles. The number of benzene rings is 1. The topological polar surface area (TPSA) is 26.3 Å². The molecule has 0 bridgehead atoms. The van der Waals surface area contributed by atoms with Gasteiger partial charge in [0.1, 0.15) is 5.75 Å². The average molecular weight is 325 g/mol. The molecule has 0 N–H and O–H groups in total. The Labute approximate surface area is 136 Å². The van der Waals surface area contributed by atoms with Crippen LogP contribution in [0.1, 0.15) is 51.3 Å². The SMILES string of the molecule is CCc1cc(/C(C)=C/SSC=O)cc(C(C)(C)C)c1OC. The summed E-state index contributed by atoms with van der Waals surface area (Å²) in [5.41, 5.74) is 5.67. The molecule has 0 unspecified atom stereocenters. The first-order valence-electron chi connectivity index (χ1n) is 6.99. The highest BCUT2D eigenvalue weighted by Gasteiger charge is 2.22. The van der Waals surface area contributed by atoms with Crippen molar-refractivity contribution in [2.45, 2.75) is 46.5 Å². The van der Waals surface area contributed by atoms with Crippen molar-refractivity contribution in [3.8, 4) is 5.75 Å². The summed E-state index contributed by atoms with van der Waals surface area (Å²) in [6, 6.07) is 4.39. The first-order valence-corrected chi connectivity index (χ1v) is 9.27. The molecule has 0 aliphatic heterocycles. The van der Waals surface area contributed by atoms with Crippen LogP contribution in [0.3, 0.4) is 0 Å². The highest BCUT2D eigenvalue weighted by atomic mass is 33.1. The molecule has 0 saturated heterocycles. The van der Waals surface area contributed by atoms with Gasteiger partial charge in [0.2, 0.25) is 0 Å². The Kier molecular flexibility index (Phi) is 6.88. The van der Waals surface area contributed by atoms with Gasteiger partial charge in [-0.2, -0.15) is 0 Å². The molecule has 0 aliphatic carbocycles. The number of hydrogen-bond acceptors (Lipinski definition) is 4. The number of ether oxygens (including phenoxy) is 1. The molecule has 1 aromatic carbocycles. The van der Waals surface area contributed by atoms with Crippen molar-refractivity contribution in [3.05, 3.63) is 34.2 Å². The zero-order valence-corrected chi connectivity index (χ0v) is 15.3. The Bertz CT molecular complexity index is 528. The minimum Gasteiger partial charge on any atom is -0.496 e. The standard InChI is InChI=1S/C17H24O2S2/c1-7-13-8-14(12(2)10-20-21-11-18)9-15(16(13)19-6)17(3,4)5/h8-11H,7H2,1-6H3/b12-10+. The molecular weight excluding hydrogens is 300 g/mol. The predicted molar refractivity (Wildman–Crippen MR) is 96.7 cm³/mol. The normalized spacial score (nSPS) is 12.4. The van der Waals surface area contributed by atoms with Crippen LogP contribution in [0.4, 0.5) is 0 Å². The molecule has 0 amide bonds. The molecule has 0 atom stereocenters. The molecule has 2 nitrogen and oxygen atoms in total. The predicted octanol–water partition coefficient (Wildman–Crippen LogP) is 5.49. The van der Waals surface area contributed by atoms with Crippen LogP contribution in [0.5, 0.6) is 5.75 Å². The number of rotatable bonds is 6. The Hall–Kier alpha value is -0.870. The largest absolute Gasteiger partial charge is 0.496 e. The van der Waals surface area contributed by atoms with E-state index in [1.807, 2.05) is 5.41 Å². The van der Waals surface area contributed by atoms with Gasteiger partial charge in [-0.3, -0.25) is 4.79 Å². The molecule has 0 aliphatic rings. The van der Waals surface area contributed by atoms with Crippen LogP contribution in [0, 0.1) is 0 Å². The zero-order chi connectivity index (χ0) is 16.0. The van der Waals surface area contributed by atoms with Crippen molar-refractivity contribution < 1.29 is 9.53 Å². The lowest BCUT2D eigenvalue weighted by molar-refractivity contribution is 0.393. The number of carbonyl (C=O) groups excluding carboxylic acids is 1. The van der Waals surface area contributed by atoms with Gasteiger partial charge in [-0.05, 0) is 63.8 Å². The zero-order valence-electron chi connectivity index (χ0n) is 13.6. The summed E-state index contributed by atoms with van der Waals surface area (Å²) in [4.78, 5) is 10.4. The van der Waals surface area contributed by atoms with E-state index in [0.717, 1.165) is 23.4 Å². The summed E-state index contributed by atoms with van der Waals surface area (Å²) < 4.78 is 5.65. The Morgan fingerprint density at radius 2 is 1.95 bits per heavy atom. The molecule has 0 heterocycles. The monoisotopic (exact) mass is 324 g/mol. The van der Waals surface area contributed by atoms with Crippen LogP contribution in [-0.4, -0.2) is 12.7 Å². The average Bonchev–Trinajstić information content (AvgIpc) is 2.44. The second kappa shape index (κ2) is 7.95. The van der Waals surface area contributed by atoms with Gasteiger partial charge in [-0.15, -0.1) is 0 Å². The Morgan fingerprint density at radius 3 is 2.43 bits per heavy atom. The van der Waals surface area contributed by atoms with E-state index in [9.17, 15) is 4.79 Å². The van der Waals surface area contributed by atoms with E-state index < -0.39 is 0 Å². The molecule has 21 heavy (non-hydrogen) atoms. The molecule has 0 saturated carbocycles. The van der Waals surface area contributed by atoms with Crippen molar-refractivity contribution in [1.29, 1.82) is 0 Å². The third kappa shape index (κ3) is 4.82. The number of carbonyl (C=O) groups is 1. The van der Waals surface area contributed by atoms with E-state index in [-0.39, 0.29) is 5.41 Å². The summed E-state index contributed by atoms with van der Waals surface area (Å²) in [6.45, 7) is 10.8. The minimum absolute atomic E-state index is 0.0241. The van der Waals surface area contributed by atoms with Crippen LogP contribution in [0.2, 0.25) is 0 Å². The molecule has 1 aromatic rings. The van der Waals surface area contributed by atoms with E-state index in [2.05, 4.69) is 46.8 Å². The van der Waals surface area contributed by atoms with Crippen LogP contribution in [0.15, 0.2) is 17.5 Å². The maximum atomic E-state index is 10.4. The van der Waals surface area contributed by atoms with E-state index >= 15 is 0 Å². The summed E-state index contributed by atoms with van der Waals surface area (Å²) in [7, 11) is 4.38. The number of hydrogen-bond donors (Lipinski definition) is 0. The van der Waals surface area contributed by atoms with Crippen LogP contribution in [-0.2, 0) is 16.6 Å². The summed E-state index contributed by atoms with van der Waals surface area (Å²) in [5.74, 6) is 0.997. The lowest BCUT2D eigenvalue weighted by Crippen LogP contribution is -2.14. The third-order valence-electron chi connectivity index (χ3n) is 3.33. The van der Waals surface area contributed by atoms with E-state index in [1.54, 1.807) is 7.11 Å². The van der Waals surface area contributed by atoms with Gasteiger partial charge >= 0.3 is 0 Å². The fourth-order valence-corrected chi connectivity index (χ4v) is 3.29. The van der Waals surface area contributed by atoms with Gasteiger partial charge in [-0.25, -0.2) is 0 Å². The van der Waals surface area contributed by atoms with Crippen LogP contribution in [0.25, 0.3) is 5.57 Å². The second-order valence-electron chi connectivity index (χ2n) is 5.91. The quantitative estimate of drug-likeness (QED) is 0.393. The summed E-state index contributed by atoms with van der Waals surface area (Å²) in [5, 5.41) is 2.02. The van der Waals surface area contributed by atoms with E-state index in [1.165, 1.54) is 38.3 Å². The highest BCUT2D eigenvalue weighted by molar-refractivity contribution is 8.82. The molecule has 116 valence electrons. The lowest BCUT2D eigenvalue weighted by atomic mass is 9.83. The molecule has 0 radical (unpaired) electrons. The Morgan fingerprint density at radius 1 is 1.29 bits per heavy atom. The third-order valence-corrected chi connectivity index (χ3v) is 4.83. The minimum atomic E-state index is 0.0241. The van der Waals surface area contributed by atoms with Crippen LogP contribution < -0.4 is 4.74 Å². The van der Waals surface area contributed by atoms with Crippen molar-refractivity contribution in [3.63, 3.8) is 0 Å². The smallest absolute Gasteiger partial charge is 0.187 e. The first kappa shape index (κ1) is 18.2. The number of aryl methyl sites for hydroxylation is 1. The van der Waals surface area contributed by atoms with Gasteiger partial charge in [0.15, 0.2) is 5.62 Å².